The van der Waals surface area contributed by atoms with Crippen LogP contribution in [-0.2, 0) is 4.79 Å². The molecule has 0 fully saturated rings. The first-order valence-electron chi connectivity index (χ1n) is 6.34. The van der Waals surface area contributed by atoms with Crippen LogP contribution in [0, 0.1) is 11.2 Å². The first-order valence-corrected chi connectivity index (χ1v) is 6.72. The lowest BCUT2D eigenvalue weighted by Gasteiger charge is -2.30. The number of aliphatic carboxylic acids is 1. The van der Waals surface area contributed by atoms with Crippen molar-refractivity contribution in [2.45, 2.75) is 33.2 Å². The number of hydrogen-bond acceptors (Lipinski definition) is 2. The normalized spacial score (nSPS) is 12.6. The molecule has 7 heteroatoms. The van der Waals surface area contributed by atoms with E-state index in [-0.39, 0.29) is 17.1 Å². The number of rotatable bonds is 4. The van der Waals surface area contributed by atoms with Gasteiger partial charge in [-0.1, -0.05) is 38.4 Å². The zero-order chi connectivity index (χ0) is 16.2. The Bertz CT molecular complexity index is 523. The summed E-state index contributed by atoms with van der Waals surface area (Å²) in [5.74, 6) is -1.69. The minimum atomic E-state index is -1.03. The number of nitrogens with one attached hydrogen (secondary N) is 2. The van der Waals surface area contributed by atoms with Gasteiger partial charge in [-0.3, -0.25) is 4.79 Å². The SMILES string of the molecule is CC(C)(C)C(CC(=O)O)NC(=O)Nc1c(F)cccc1Cl. The average molecular weight is 317 g/mol. The van der Waals surface area contributed by atoms with Crippen LogP contribution >= 0.6 is 11.6 Å². The van der Waals surface area contributed by atoms with Crippen LogP contribution in [0.15, 0.2) is 18.2 Å². The molecule has 0 saturated carbocycles. The van der Waals surface area contributed by atoms with Crippen molar-refractivity contribution < 1.29 is 19.1 Å². The highest BCUT2D eigenvalue weighted by atomic mass is 35.5. The van der Waals surface area contributed by atoms with Crippen LogP contribution in [0.3, 0.4) is 0 Å². The van der Waals surface area contributed by atoms with Crippen molar-refractivity contribution in [3.63, 3.8) is 0 Å². The summed E-state index contributed by atoms with van der Waals surface area (Å²) >= 11 is 5.81. The molecule has 1 rings (SSSR count). The molecule has 5 nitrogen and oxygen atoms in total. The second kappa shape index (κ2) is 6.76. The zero-order valence-electron chi connectivity index (χ0n) is 12.0. The number of carboxylic acids is 1. The molecule has 0 aliphatic heterocycles. The van der Waals surface area contributed by atoms with Crippen molar-refractivity contribution in [3.8, 4) is 0 Å². The van der Waals surface area contributed by atoms with Gasteiger partial charge in [0, 0.05) is 6.04 Å². The maximum atomic E-state index is 13.6. The van der Waals surface area contributed by atoms with E-state index < -0.39 is 29.3 Å². The standard InChI is InChI=1S/C14H18ClFN2O3/c1-14(2,3)10(7-11(19)20)17-13(21)18-12-8(15)5-4-6-9(12)16/h4-6,10H,7H2,1-3H3,(H,19,20)(H2,17,18,21). The predicted molar refractivity (Wildman–Crippen MR) is 79.1 cm³/mol. The molecule has 0 radical (unpaired) electrons. The molecule has 0 heterocycles. The van der Waals surface area contributed by atoms with E-state index >= 15 is 0 Å². The molecular weight excluding hydrogens is 299 g/mol. The quantitative estimate of drug-likeness (QED) is 0.795. The van der Waals surface area contributed by atoms with Crippen LogP contribution in [0.2, 0.25) is 5.02 Å². The molecule has 3 N–H and O–H groups in total. The highest BCUT2D eigenvalue weighted by molar-refractivity contribution is 6.33. The summed E-state index contributed by atoms with van der Waals surface area (Å²) in [5, 5.41) is 13.8. The van der Waals surface area contributed by atoms with Crippen molar-refractivity contribution >= 4 is 29.3 Å². The van der Waals surface area contributed by atoms with Crippen LogP contribution in [0.1, 0.15) is 27.2 Å². The van der Waals surface area contributed by atoms with Gasteiger partial charge in [-0.15, -0.1) is 0 Å². The van der Waals surface area contributed by atoms with Gasteiger partial charge in [-0.25, -0.2) is 9.18 Å². The van der Waals surface area contributed by atoms with E-state index in [0.717, 1.165) is 0 Å². The molecular formula is C14H18ClFN2O3. The summed E-state index contributed by atoms with van der Waals surface area (Å²) < 4.78 is 13.6. The van der Waals surface area contributed by atoms with Gasteiger partial charge in [0.2, 0.25) is 0 Å². The van der Waals surface area contributed by atoms with E-state index in [9.17, 15) is 14.0 Å². The van der Waals surface area contributed by atoms with E-state index in [2.05, 4.69) is 10.6 Å². The summed E-state index contributed by atoms with van der Waals surface area (Å²) in [6.45, 7) is 5.41. The monoisotopic (exact) mass is 316 g/mol. The molecule has 2 amide bonds. The van der Waals surface area contributed by atoms with Gasteiger partial charge in [0.25, 0.3) is 0 Å². The molecule has 0 spiro atoms. The summed E-state index contributed by atoms with van der Waals surface area (Å²) in [4.78, 5) is 22.8. The highest BCUT2D eigenvalue weighted by Gasteiger charge is 2.28. The van der Waals surface area contributed by atoms with Crippen molar-refractivity contribution in [2.75, 3.05) is 5.32 Å². The second-order valence-corrected chi connectivity index (χ2v) is 6.12. The Balaban J connectivity index is 2.81. The highest BCUT2D eigenvalue weighted by Crippen LogP contribution is 2.25. The number of para-hydroxylation sites is 1. The summed E-state index contributed by atoms with van der Waals surface area (Å²) in [5.41, 5.74) is -0.603. The molecule has 21 heavy (non-hydrogen) atoms. The first kappa shape index (κ1) is 17.2. The van der Waals surface area contributed by atoms with Crippen LogP contribution in [-0.4, -0.2) is 23.1 Å². The van der Waals surface area contributed by atoms with Crippen LogP contribution in [0.25, 0.3) is 0 Å². The molecule has 116 valence electrons. The lowest BCUT2D eigenvalue weighted by Crippen LogP contribution is -2.46. The molecule has 1 aromatic rings. The van der Waals surface area contributed by atoms with E-state index in [1.54, 1.807) is 20.8 Å². The summed E-state index contributed by atoms with van der Waals surface area (Å²) in [6.07, 6.45) is -0.234. The van der Waals surface area contributed by atoms with Crippen molar-refractivity contribution in [2.24, 2.45) is 5.41 Å². The zero-order valence-corrected chi connectivity index (χ0v) is 12.8. The van der Waals surface area contributed by atoms with Gasteiger partial charge in [0.1, 0.15) is 5.82 Å². The molecule has 0 saturated heterocycles. The number of amides is 2. The largest absolute Gasteiger partial charge is 0.481 e. The number of halogens is 2. The third-order valence-corrected chi connectivity index (χ3v) is 3.25. The molecule has 0 bridgehead atoms. The van der Waals surface area contributed by atoms with E-state index in [1.165, 1.54) is 18.2 Å². The fourth-order valence-electron chi connectivity index (χ4n) is 1.67. The fourth-order valence-corrected chi connectivity index (χ4v) is 1.88. The minimum Gasteiger partial charge on any atom is -0.481 e. The number of anilines is 1. The predicted octanol–water partition coefficient (Wildman–Crippen LogP) is 3.49. The number of carboxylic acid groups (broad SMARTS) is 1. The fraction of sp³-hybridized carbons (Fsp3) is 0.429. The maximum Gasteiger partial charge on any atom is 0.319 e. The number of hydrogen-bond donors (Lipinski definition) is 3. The lowest BCUT2D eigenvalue weighted by molar-refractivity contribution is -0.138. The van der Waals surface area contributed by atoms with E-state index in [0.29, 0.717) is 0 Å². The van der Waals surface area contributed by atoms with Gasteiger partial charge >= 0.3 is 12.0 Å². The third-order valence-electron chi connectivity index (χ3n) is 2.93. The van der Waals surface area contributed by atoms with Crippen molar-refractivity contribution in [3.05, 3.63) is 29.0 Å². The number of carbonyl (C=O) groups is 2. The minimum absolute atomic E-state index is 0.0655. The third kappa shape index (κ3) is 5.23. The second-order valence-electron chi connectivity index (χ2n) is 5.71. The molecule has 0 aliphatic rings. The number of carbonyl (C=O) groups excluding carboxylic acids is 1. The number of urea groups is 1. The topological polar surface area (TPSA) is 78.4 Å². The van der Waals surface area contributed by atoms with Gasteiger partial charge < -0.3 is 15.7 Å². The Morgan fingerprint density at radius 2 is 2.00 bits per heavy atom. The van der Waals surface area contributed by atoms with Gasteiger partial charge in [0.05, 0.1) is 17.1 Å². The first-order chi connectivity index (χ1) is 9.61. The molecule has 0 aromatic heterocycles. The van der Waals surface area contributed by atoms with Crippen LogP contribution in [0.4, 0.5) is 14.9 Å². The molecule has 1 atom stereocenters. The Kier molecular flexibility index (Phi) is 5.54. The molecule has 0 aliphatic carbocycles. The van der Waals surface area contributed by atoms with Crippen LogP contribution in [0.5, 0.6) is 0 Å². The Morgan fingerprint density at radius 1 is 1.38 bits per heavy atom. The maximum absolute atomic E-state index is 13.6. The van der Waals surface area contributed by atoms with Gasteiger partial charge in [0.15, 0.2) is 0 Å². The number of benzene rings is 1. The van der Waals surface area contributed by atoms with Crippen LogP contribution < -0.4 is 10.6 Å². The lowest BCUT2D eigenvalue weighted by atomic mass is 9.85. The Morgan fingerprint density at radius 3 is 2.48 bits per heavy atom. The summed E-state index contributed by atoms with van der Waals surface area (Å²) in [6, 6.07) is 2.71. The average Bonchev–Trinajstić information content (AvgIpc) is 2.31. The summed E-state index contributed by atoms with van der Waals surface area (Å²) in [7, 11) is 0. The van der Waals surface area contributed by atoms with E-state index in [4.69, 9.17) is 16.7 Å². The molecule has 1 aromatic carbocycles. The smallest absolute Gasteiger partial charge is 0.319 e. The molecule has 1 unspecified atom stereocenters. The van der Waals surface area contributed by atoms with Gasteiger partial charge in [-0.05, 0) is 17.5 Å². The van der Waals surface area contributed by atoms with E-state index in [1.807, 2.05) is 0 Å². The van der Waals surface area contributed by atoms with Gasteiger partial charge in [-0.2, -0.15) is 0 Å². The van der Waals surface area contributed by atoms with Crippen molar-refractivity contribution in [1.29, 1.82) is 0 Å². The Hall–Kier alpha value is -1.82. The Labute approximate surface area is 127 Å². The van der Waals surface area contributed by atoms with Crippen molar-refractivity contribution in [1.82, 2.24) is 5.32 Å².